The van der Waals surface area contributed by atoms with E-state index in [0.29, 0.717) is 23.1 Å². The topological polar surface area (TPSA) is 93.4 Å². The molecule has 0 aromatic carbocycles. The minimum atomic E-state index is 0.493. The molecule has 0 spiro atoms. The van der Waals surface area contributed by atoms with Crippen LogP contribution in [0.1, 0.15) is 30.5 Å². The quantitative estimate of drug-likeness (QED) is 0.726. The number of rotatable bonds is 4. The highest BCUT2D eigenvalue weighted by Gasteiger charge is 2.29. The van der Waals surface area contributed by atoms with Crippen molar-refractivity contribution < 1.29 is 4.52 Å². The predicted molar refractivity (Wildman–Crippen MR) is 67.5 cm³/mol. The zero-order valence-electron chi connectivity index (χ0n) is 9.91. The fourth-order valence-corrected chi connectivity index (χ4v) is 2.48. The molecule has 0 saturated heterocycles. The highest BCUT2D eigenvalue weighted by atomic mass is 32.2. The molecule has 19 heavy (non-hydrogen) atoms. The molecule has 96 valence electrons. The average Bonchev–Trinajstić information content (AvgIpc) is 3.03. The highest BCUT2D eigenvalue weighted by molar-refractivity contribution is 7.98. The van der Waals surface area contributed by atoms with E-state index in [-0.39, 0.29) is 0 Å². The third-order valence-corrected chi connectivity index (χ3v) is 3.76. The van der Waals surface area contributed by atoms with Crippen molar-refractivity contribution in [3.63, 3.8) is 0 Å². The maximum Gasteiger partial charge on any atom is 0.229 e. The number of fused-ring (bicyclic) bond motifs is 1. The molecule has 1 aliphatic carbocycles. The number of hydrogen-bond donors (Lipinski definition) is 1. The Morgan fingerprint density at radius 2 is 2.32 bits per heavy atom. The van der Waals surface area contributed by atoms with Gasteiger partial charge in [-0.1, -0.05) is 16.9 Å². The van der Waals surface area contributed by atoms with Crippen molar-refractivity contribution in [1.82, 2.24) is 30.1 Å². The summed E-state index contributed by atoms with van der Waals surface area (Å²) in [4.78, 5) is 19.9. The van der Waals surface area contributed by atoms with Gasteiger partial charge in [0.1, 0.15) is 11.8 Å². The molecule has 1 fully saturated rings. The van der Waals surface area contributed by atoms with E-state index >= 15 is 0 Å². The summed E-state index contributed by atoms with van der Waals surface area (Å²) in [7, 11) is 0. The van der Waals surface area contributed by atoms with Gasteiger partial charge < -0.3 is 9.51 Å². The molecule has 0 unspecified atom stereocenters. The van der Waals surface area contributed by atoms with Crippen LogP contribution in [0.5, 0.6) is 0 Å². The molecular weight excluding hydrogens is 264 g/mol. The molecule has 7 nitrogen and oxygen atoms in total. The second-order valence-corrected chi connectivity index (χ2v) is 5.38. The minimum absolute atomic E-state index is 0.493. The van der Waals surface area contributed by atoms with Gasteiger partial charge in [0.2, 0.25) is 5.89 Å². The van der Waals surface area contributed by atoms with Crippen molar-refractivity contribution in [3.05, 3.63) is 24.2 Å². The lowest BCUT2D eigenvalue weighted by atomic mass is 10.4. The van der Waals surface area contributed by atoms with E-state index in [1.165, 1.54) is 18.1 Å². The van der Waals surface area contributed by atoms with Crippen LogP contribution >= 0.6 is 11.8 Å². The van der Waals surface area contributed by atoms with Gasteiger partial charge in [0, 0.05) is 5.92 Å². The summed E-state index contributed by atoms with van der Waals surface area (Å²) < 4.78 is 5.21. The van der Waals surface area contributed by atoms with Crippen molar-refractivity contribution in [3.8, 4) is 0 Å². The number of H-pyrrole nitrogens is 1. The Balaban J connectivity index is 1.48. The van der Waals surface area contributed by atoms with E-state index in [4.69, 9.17) is 4.52 Å². The van der Waals surface area contributed by atoms with Gasteiger partial charge in [0.25, 0.3) is 0 Å². The van der Waals surface area contributed by atoms with Gasteiger partial charge in [0.15, 0.2) is 16.6 Å². The van der Waals surface area contributed by atoms with Gasteiger partial charge in [-0.2, -0.15) is 4.98 Å². The molecule has 3 aromatic rings. The Morgan fingerprint density at radius 1 is 1.37 bits per heavy atom. The third kappa shape index (κ3) is 2.19. The molecule has 1 aliphatic rings. The van der Waals surface area contributed by atoms with Crippen LogP contribution in [-0.2, 0) is 5.75 Å². The van der Waals surface area contributed by atoms with Crippen LogP contribution in [0, 0.1) is 0 Å². The average molecular weight is 274 g/mol. The fraction of sp³-hybridized carbons (Fsp3) is 0.364. The zero-order chi connectivity index (χ0) is 12.7. The maximum absolute atomic E-state index is 5.21. The third-order valence-electron chi connectivity index (χ3n) is 2.89. The minimum Gasteiger partial charge on any atom is -0.339 e. The summed E-state index contributed by atoms with van der Waals surface area (Å²) in [6, 6.07) is 0. The van der Waals surface area contributed by atoms with E-state index in [9.17, 15) is 0 Å². The number of hydrogen-bond acceptors (Lipinski definition) is 7. The van der Waals surface area contributed by atoms with E-state index in [2.05, 4.69) is 30.1 Å². The maximum atomic E-state index is 5.21. The standard InChI is InChI=1S/C11H10N6OS/c1-2-6(1)10-15-8(17-18-10)4-19-11-14-7-3-12-5-13-9(7)16-11/h3,5-6H,1-2,4H2,(H,12,13,14,16). The number of thioether (sulfide) groups is 1. The van der Waals surface area contributed by atoms with Crippen LogP contribution < -0.4 is 0 Å². The molecule has 3 heterocycles. The monoisotopic (exact) mass is 274 g/mol. The first kappa shape index (κ1) is 10.9. The summed E-state index contributed by atoms with van der Waals surface area (Å²) in [5.41, 5.74) is 1.50. The van der Waals surface area contributed by atoms with Crippen molar-refractivity contribution in [2.24, 2.45) is 0 Å². The van der Waals surface area contributed by atoms with Crippen molar-refractivity contribution >= 4 is 22.9 Å². The summed E-state index contributed by atoms with van der Waals surface area (Å²) in [5, 5.41) is 4.76. The molecule has 3 aromatic heterocycles. The largest absolute Gasteiger partial charge is 0.339 e. The Labute approximate surface area is 112 Å². The molecule has 0 radical (unpaired) electrons. The van der Waals surface area contributed by atoms with Crippen LogP contribution in [-0.4, -0.2) is 30.1 Å². The number of aromatic nitrogens is 6. The SMILES string of the molecule is c1ncc2[nH]c(SCc3noc(C4CC4)n3)nc2n1. The molecule has 0 aliphatic heterocycles. The lowest BCUT2D eigenvalue weighted by Crippen LogP contribution is -1.85. The van der Waals surface area contributed by atoms with Gasteiger partial charge in [-0.3, -0.25) is 0 Å². The van der Waals surface area contributed by atoms with Gasteiger partial charge in [-0.25, -0.2) is 15.0 Å². The van der Waals surface area contributed by atoms with Crippen LogP contribution in [0.2, 0.25) is 0 Å². The molecule has 1 N–H and O–H groups in total. The number of nitrogens with zero attached hydrogens (tertiary/aromatic N) is 5. The molecule has 0 amide bonds. The van der Waals surface area contributed by atoms with E-state index < -0.39 is 0 Å². The Kier molecular flexibility index (Phi) is 2.47. The van der Waals surface area contributed by atoms with Gasteiger partial charge in [0.05, 0.1) is 11.9 Å². The van der Waals surface area contributed by atoms with Crippen molar-refractivity contribution in [2.75, 3.05) is 0 Å². The smallest absolute Gasteiger partial charge is 0.229 e. The Morgan fingerprint density at radius 3 is 3.16 bits per heavy atom. The first-order chi connectivity index (χ1) is 9.38. The molecule has 0 bridgehead atoms. The van der Waals surface area contributed by atoms with Crippen LogP contribution in [0.15, 0.2) is 22.2 Å². The molecule has 1 saturated carbocycles. The molecular formula is C11H10N6OS. The predicted octanol–water partition coefficient (Wildman–Crippen LogP) is 1.91. The molecule has 0 atom stereocenters. The van der Waals surface area contributed by atoms with Gasteiger partial charge in [-0.05, 0) is 12.8 Å². The number of nitrogens with one attached hydrogen (secondary N) is 1. The summed E-state index contributed by atoms with van der Waals surface area (Å²) in [5.74, 6) is 2.60. The number of aromatic amines is 1. The normalized spacial score (nSPS) is 15.2. The Hall–Kier alpha value is -1.96. The highest BCUT2D eigenvalue weighted by Crippen LogP contribution is 2.39. The first-order valence-electron chi connectivity index (χ1n) is 5.99. The van der Waals surface area contributed by atoms with Crippen LogP contribution in [0.25, 0.3) is 11.2 Å². The Bertz CT molecular complexity index is 686. The van der Waals surface area contributed by atoms with Gasteiger partial charge in [-0.15, -0.1) is 0 Å². The lowest BCUT2D eigenvalue weighted by Gasteiger charge is -1.90. The number of imidazole rings is 1. The van der Waals surface area contributed by atoms with Gasteiger partial charge >= 0.3 is 0 Å². The molecule has 8 heteroatoms. The lowest BCUT2D eigenvalue weighted by molar-refractivity contribution is 0.375. The summed E-state index contributed by atoms with van der Waals surface area (Å²) >= 11 is 1.53. The van der Waals surface area contributed by atoms with Crippen LogP contribution in [0.4, 0.5) is 0 Å². The van der Waals surface area contributed by atoms with Crippen molar-refractivity contribution in [2.45, 2.75) is 29.7 Å². The first-order valence-corrected chi connectivity index (χ1v) is 6.98. The summed E-state index contributed by atoms with van der Waals surface area (Å²) in [6.45, 7) is 0. The van der Waals surface area contributed by atoms with E-state index in [0.717, 1.165) is 29.4 Å². The van der Waals surface area contributed by atoms with E-state index in [1.54, 1.807) is 6.20 Å². The second kappa shape index (κ2) is 4.30. The zero-order valence-corrected chi connectivity index (χ0v) is 10.7. The second-order valence-electron chi connectivity index (χ2n) is 4.41. The molecule has 4 rings (SSSR count). The fourth-order valence-electron chi connectivity index (χ4n) is 1.76. The van der Waals surface area contributed by atoms with E-state index in [1.807, 2.05) is 0 Å². The van der Waals surface area contributed by atoms with Crippen molar-refractivity contribution in [1.29, 1.82) is 0 Å². The summed E-state index contributed by atoms with van der Waals surface area (Å²) in [6.07, 6.45) is 5.52. The van der Waals surface area contributed by atoms with Crippen LogP contribution in [0.3, 0.4) is 0 Å².